The molecule has 22 heavy (non-hydrogen) atoms. The summed E-state index contributed by atoms with van der Waals surface area (Å²) in [6.45, 7) is 4.48. The minimum Gasteiger partial charge on any atom is -0.467 e. The van der Waals surface area contributed by atoms with Crippen LogP contribution < -0.4 is 5.32 Å². The van der Waals surface area contributed by atoms with E-state index in [1.54, 1.807) is 5.57 Å². The van der Waals surface area contributed by atoms with Gasteiger partial charge in [-0.05, 0) is 44.6 Å². The van der Waals surface area contributed by atoms with E-state index in [0.29, 0.717) is 6.04 Å². The topological polar surface area (TPSA) is 24.6 Å². The molecule has 0 radical (unpaired) electrons. The predicted octanol–water partition coefficient (Wildman–Crippen LogP) is 6.07. The maximum Gasteiger partial charge on any atom is 0.208 e. The second-order valence-electron chi connectivity index (χ2n) is 7.33. The third-order valence-corrected chi connectivity index (χ3v) is 5.28. The van der Waals surface area contributed by atoms with Gasteiger partial charge in [0.2, 0.25) is 6.23 Å². The van der Waals surface area contributed by atoms with Crippen molar-refractivity contribution in [2.75, 3.05) is 0 Å². The Hall–Kier alpha value is -0.500. The molecule has 0 aromatic carbocycles. The van der Waals surface area contributed by atoms with E-state index in [9.17, 15) is 0 Å². The molecule has 1 N–H and O–H groups in total. The molecule has 1 heterocycles. The summed E-state index contributed by atoms with van der Waals surface area (Å²) in [5.41, 5.74) is 1.62. The van der Waals surface area contributed by atoms with Crippen molar-refractivity contribution in [2.45, 2.75) is 116 Å². The van der Waals surface area contributed by atoms with E-state index in [-0.39, 0.29) is 6.23 Å². The lowest BCUT2D eigenvalue weighted by molar-refractivity contribution is 0.351. The monoisotopic (exact) mass is 307 g/mol. The molecular weight excluding hydrogens is 270 g/mol. The molecule has 1 saturated heterocycles. The number of ether oxygens (including phenoxy) is 1. The molecule has 128 valence electrons. The van der Waals surface area contributed by atoms with E-state index in [4.69, 9.17) is 4.74 Å². The number of hydrogen-bond acceptors (Lipinski definition) is 2. The average molecular weight is 308 g/mol. The van der Waals surface area contributed by atoms with Crippen LogP contribution >= 0.6 is 0 Å². The van der Waals surface area contributed by atoms with E-state index in [2.05, 4.69) is 19.2 Å². The van der Waals surface area contributed by atoms with Gasteiger partial charge in [0.05, 0.1) is 0 Å². The maximum atomic E-state index is 5.87. The molecule has 0 aromatic rings. The smallest absolute Gasteiger partial charge is 0.208 e. The molecule has 2 unspecified atom stereocenters. The fraction of sp³-hybridized carbons (Fsp3) is 0.900. The molecule has 2 heteroatoms. The van der Waals surface area contributed by atoms with Gasteiger partial charge < -0.3 is 4.74 Å². The predicted molar refractivity (Wildman–Crippen MR) is 94.8 cm³/mol. The summed E-state index contributed by atoms with van der Waals surface area (Å²) in [4.78, 5) is 0. The van der Waals surface area contributed by atoms with Gasteiger partial charge in [0.15, 0.2) is 5.76 Å². The lowest BCUT2D eigenvalue weighted by atomic mass is 9.97. The molecule has 2 aliphatic rings. The first-order valence-electron chi connectivity index (χ1n) is 9.96. The van der Waals surface area contributed by atoms with Crippen LogP contribution in [0.5, 0.6) is 0 Å². The van der Waals surface area contributed by atoms with Gasteiger partial charge in [0, 0.05) is 6.04 Å². The molecule has 1 aliphatic heterocycles. The fourth-order valence-electron chi connectivity index (χ4n) is 3.49. The minimum atomic E-state index is 0.240. The normalized spacial score (nSPS) is 26.9. The van der Waals surface area contributed by atoms with Crippen molar-refractivity contribution in [3.05, 3.63) is 11.3 Å². The van der Waals surface area contributed by atoms with Crippen LogP contribution in [0.3, 0.4) is 0 Å². The molecular formula is C20H37NO. The van der Waals surface area contributed by atoms with Gasteiger partial charge in [0.1, 0.15) is 0 Å². The Kier molecular flexibility index (Phi) is 8.36. The molecule has 2 nitrogen and oxygen atoms in total. The van der Waals surface area contributed by atoms with Crippen LogP contribution in [0.15, 0.2) is 11.3 Å². The fourth-order valence-corrected chi connectivity index (χ4v) is 3.49. The van der Waals surface area contributed by atoms with Crippen LogP contribution in [-0.4, -0.2) is 12.3 Å². The highest BCUT2D eigenvalue weighted by Gasteiger charge is 2.36. The summed E-state index contributed by atoms with van der Waals surface area (Å²) < 4.78 is 5.87. The molecule has 2 fully saturated rings. The minimum absolute atomic E-state index is 0.240. The van der Waals surface area contributed by atoms with Crippen molar-refractivity contribution < 1.29 is 4.74 Å². The van der Waals surface area contributed by atoms with Crippen molar-refractivity contribution in [3.8, 4) is 0 Å². The van der Waals surface area contributed by atoms with Crippen LogP contribution in [0.2, 0.25) is 0 Å². The van der Waals surface area contributed by atoms with Crippen molar-refractivity contribution >= 4 is 0 Å². The molecule has 1 saturated carbocycles. The summed E-state index contributed by atoms with van der Waals surface area (Å²) in [5, 5.41) is 3.58. The molecule has 0 amide bonds. The van der Waals surface area contributed by atoms with Crippen molar-refractivity contribution in [3.63, 3.8) is 0 Å². The summed E-state index contributed by atoms with van der Waals surface area (Å²) >= 11 is 0. The molecule has 2 atom stereocenters. The van der Waals surface area contributed by atoms with Gasteiger partial charge in [-0.1, -0.05) is 64.7 Å². The van der Waals surface area contributed by atoms with Crippen LogP contribution in [0, 0.1) is 0 Å². The lowest BCUT2D eigenvalue weighted by Crippen LogP contribution is -2.27. The van der Waals surface area contributed by atoms with Gasteiger partial charge in [-0.2, -0.15) is 0 Å². The summed E-state index contributed by atoms with van der Waals surface area (Å²) in [6, 6.07) is 0.557. The highest BCUT2D eigenvalue weighted by atomic mass is 16.6. The Morgan fingerprint density at radius 1 is 0.864 bits per heavy atom. The van der Waals surface area contributed by atoms with Crippen LogP contribution in [0.25, 0.3) is 0 Å². The van der Waals surface area contributed by atoms with E-state index >= 15 is 0 Å². The van der Waals surface area contributed by atoms with Gasteiger partial charge in [-0.3, -0.25) is 5.32 Å². The van der Waals surface area contributed by atoms with Crippen LogP contribution in [0.4, 0.5) is 0 Å². The van der Waals surface area contributed by atoms with Gasteiger partial charge in [-0.25, -0.2) is 0 Å². The quantitative estimate of drug-likeness (QED) is 0.640. The number of hydrogen-bond donors (Lipinski definition) is 1. The summed E-state index contributed by atoms with van der Waals surface area (Å²) in [5.74, 6) is 1.30. The SMILES string of the molecule is CCC(C)NC1OC1=C1CCCCCCCCCCCCC1. The molecule has 1 aliphatic carbocycles. The standard InChI is InChI=1S/C20H37NO/c1-3-17(2)21-20-19(22-20)18-15-13-11-9-7-5-4-6-8-10-12-14-16-18/h17,20-21H,3-16H2,1-2H3. The molecule has 0 spiro atoms. The Labute approximate surface area is 138 Å². The number of epoxide rings is 1. The number of rotatable bonds is 3. The Morgan fingerprint density at radius 2 is 1.32 bits per heavy atom. The molecule has 2 rings (SSSR count). The van der Waals surface area contributed by atoms with Crippen LogP contribution in [0.1, 0.15) is 104 Å². The van der Waals surface area contributed by atoms with E-state index < -0.39 is 0 Å². The summed E-state index contributed by atoms with van der Waals surface area (Å²) in [7, 11) is 0. The maximum absolute atomic E-state index is 5.87. The molecule has 0 aromatic heterocycles. The van der Waals surface area contributed by atoms with E-state index in [1.807, 2.05) is 0 Å². The van der Waals surface area contributed by atoms with E-state index in [1.165, 1.54) is 95.7 Å². The highest BCUT2D eigenvalue weighted by Crippen LogP contribution is 2.34. The Balaban J connectivity index is 1.81. The first-order chi connectivity index (χ1) is 10.8. The van der Waals surface area contributed by atoms with E-state index in [0.717, 1.165) is 0 Å². The van der Waals surface area contributed by atoms with Crippen molar-refractivity contribution in [1.82, 2.24) is 5.32 Å². The van der Waals surface area contributed by atoms with Crippen LogP contribution in [-0.2, 0) is 4.74 Å². The molecule has 0 bridgehead atoms. The van der Waals surface area contributed by atoms with Crippen molar-refractivity contribution in [2.24, 2.45) is 0 Å². The Bertz CT molecular complexity index is 321. The lowest BCUT2D eigenvalue weighted by Gasteiger charge is -2.09. The van der Waals surface area contributed by atoms with Gasteiger partial charge in [0.25, 0.3) is 0 Å². The Morgan fingerprint density at radius 3 is 1.77 bits per heavy atom. The third-order valence-electron chi connectivity index (χ3n) is 5.28. The second kappa shape index (κ2) is 10.3. The van der Waals surface area contributed by atoms with Gasteiger partial charge in [-0.15, -0.1) is 0 Å². The first-order valence-corrected chi connectivity index (χ1v) is 9.96. The number of nitrogens with one attached hydrogen (secondary N) is 1. The zero-order valence-electron chi connectivity index (χ0n) is 15.0. The second-order valence-corrected chi connectivity index (χ2v) is 7.33. The zero-order chi connectivity index (χ0) is 15.6. The zero-order valence-corrected chi connectivity index (χ0v) is 15.0. The highest BCUT2D eigenvalue weighted by molar-refractivity contribution is 5.22. The number of allylic oxidation sites excluding steroid dienone is 1. The van der Waals surface area contributed by atoms with Crippen molar-refractivity contribution in [1.29, 1.82) is 0 Å². The first kappa shape index (κ1) is 17.8. The van der Waals surface area contributed by atoms with Gasteiger partial charge >= 0.3 is 0 Å². The third kappa shape index (κ3) is 6.73. The largest absolute Gasteiger partial charge is 0.467 e. The summed E-state index contributed by atoms with van der Waals surface area (Å²) in [6.07, 6.45) is 19.6. The average Bonchev–Trinajstić information content (AvgIpc) is 3.28.